The van der Waals surface area contributed by atoms with Crippen molar-refractivity contribution in [3.63, 3.8) is 0 Å². The van der Waals surface area contributed by atoms with Crippen molar-refractivity contribution in [2.75, 3.05) is 6.61 Å². The number of carbonyl (C=O) groups excluding carboxylic acids is 1. The van der Waals surface area contributed by atoms with Gasteiger partial charge >= 0.3 is 5.97 Å². The zero-order valence-corrected chi connectivity index (χ0v) is 13.5. The quantitative estimate of drug-likeness (QED) is 0.829. The van der Waals surface area contributed by atoms with Crippen molar-refractivity contribution in [1.82, 2.24) is 10.2 Å². The Morgan fingerprint density at radius 3 is 2.67 bits per heavy atom. The molecule has 0 unspecified atom stereocenters. The van der Waals surface area contributed by atoms with Gasteiger partial charge in [0.15, 0.2) is 5.69 Å². The minimum Gasteiger partial charge on any atom is -0.461 e. The minimum atomic E-state index is -0.471. The fourth-order valence-electron chi connectivity index (χ4n) is 2.09. The molecule has 0 spiro atoms. The molecule has 0 atom stereocenters. The van der Waals surface area contributed by atoms with E-state index in [0.717, 1.165) is 5.69 Å². The van der Waals surface area contributed by atoms with Gasteiger partial charge in [0, 0.05) is 21.8 Å². The molecule has 0 radical (unpaired) electrons. The van der Waals surface area contributed by atoms with E-state index in [1.165, 1.54) is 0 Å². The number of rotatable bonds is 4. The van der Waals surface area contributed by atoms with Crippen LogP contribution in [0.4, 0.5) is 0 Å². The smallest absolute Gasteiger partial charge is 0.359 e. The lowest BCUT2D eigenvalue weighted by Crippen LogP contribution is -2.07. The van der Waals surface area contributed by atoms with Gasteiger partial charge in [0.2, 0.25) is 0 Å². The van der Waals surface area contributed by atoms with Crippen LogP contribution in [0.3, 0.4) is 0 Å². The third-order valence-corrected chi connectivity index (χ3v) is 3.59. The molecule has 0 aliphatic carbocycles. The minimum absolute atomic E-state index is 0.155. The second kappa shape index (κ2) is 6.50. The fourth-order valence-corrected chi connectivity index (χ4v) is 2.59. The van der Waals surface area contributed by atoms with Crippen molar-refractivity contribution in [2.24, 2.45) is 0 Å². The summed E-state index contributed by atoms with van der Waals surface area (Å²) in [6.45, 7) is 6.06. The SMILES string of the molecule is CCOC(=O)c1n[nH]c(C(C)C)c1-c1ccc(Cl)cc1Cl. The van der Waals surface area contributed by atoms with E-state index in [1.54, 1.807) is 25.1 Å². The summed E-state index contributed by atoms with van der Waals surface area (Å²) in [6.07, 6.45) is 0. The molecule has 4 nitrogen and oxygen atoms in total. The first-order valence-corrected chi connectivity index (χ1v) is 7.42. The summed E-state index contributed by atoms with van der Waals surface area (Å²) in [7, 11) is 0. The Kier molecular flexibility index (Phi) is 4.91. The van der Waals surface area contributed by atoms with Crippen LogP contribution in [0.5, 0.6) is 0 Å². The molecule has 1 N–H and O–H groups in total. The first-order chi connectivity index (χ1) is 9.95. The molecule has 1 aromatic heterocycles. The number of aromatic nitrogens is 2. The van der Waals surface area contributed by atoms with E-state index in [2.05, 4.69) is 10.2 Å². The highest BCUT2D eigenvalue weighted by molar-refractivity contribution is 6.36. The average molecular weight is 327 g/mol. The molecule has 0 aliphatic rings. The van der Waals surface area contributed by atoms with Crippen LogP contribution in [-0.4, -0.2) is 22.8 Å². The Morgan fingerprint density at radius 1 is 1.38 bits per heavy atom. The standard InChI is InChI=1S/C15H16Cl2N2O2/c1-4-21-15(20)14-12(13(8(2)3)18-19-14)10-6-5-9(16)7-11(10)17/h5-8H,4H2,1-3H3,(H,18,19). The van der Waals surface area contributed by atoms with E-state index in [-0.39, 0.29) is 18.2 Å². The van der Waals surface area contributed by atoms with E-state index >= 15 is 0 Å². The van der Waals surface area contributed by atoms with Crippen LogP contribution < -0.4 is 0 Å². The third kappa shape index (κ3) is 3.22. The molecule has 2 rings (SSSR count). The van der Waals surface area contributed by atoms with Gasteiger partial charge in [-0.2, -0.15) is 5.10 Å². The largest absolute Gasteiger partial charge is 0.461 e. The number of hydrogen-bond donors (Lipinski definition) is 1. The van der Waals surface area contributed by atoms with E-state index in [9.17, 15) is 4.79 Å². The van der Waals surface area contributed by atoms with Gasteiger partial charge in [0.05, 0.1) is 11.6 Å². The van der Waals surface area contributed by atoms with Crippen LogP contribution in [0.1, 0.15) is 42.9 Å². The molecule has 21 heavy (non-hydrogen) atoms. The molecule has 2 aromatic rings. The van der Waals surface area contributed by atoms with Crippen LogP contribution >= 0.6 is 23.2 Å². The molecule has 0 saturated carbocycles. The second-order valence-corrected chi connectivity index (χ2v) is 5.70. The van der Waals surface area contributed by atoms with Crippen LogP contribution in [0.15, 0.2) is 18.2 Å². The fraction of sp³-hybridized carbons (Fsp3) is 0.333. The molecular weight excluding hydrogens is 311 g/mol. The lowest BCUT2D eigenvalue weighted by molar-refractivity contribution is 0.0520. The maximum atomic E-state index is 12.1. The van der Waals surface area contributed by atoms with Gasteiger partial charge in [-0.25, -0.2) is 4.79 Å². The molecule has 6 heteroatoms. The number of benzene rings is 1. The van der Waals surface area contributed by atoms with Crippen LogP contribution in [0.25, 0.3) is 11.1 Å². The maximum Gasteiger partial charge on any atom is 0.359 e. The van der Waals surface area contributed by atoms with E-state index in [0.29, 0.717) is 21.2 Å². The van der Waals surface area contributed by atoms with Crippen molar-refractivity contribution in [3.05, 3.63) is 39.6 Å². The van der Waals surface area contributed by atoms with Gasteiger partial charge in [0.1, 0.15) is 0 Å². The number of esters is 1. The maximum absolute atomic E-state index is 12.1. The summed E-state index contributed by atoms with van der Waals surface area (Å²) in [4.78, 5) is 12.1. The first-order valence-electron chi connectivity index (χ1n) is 6.66. The molecule has 0 saturated heterocycles. The topological polar surface area (TPSA) is 55.0 Å². The highest BCUT2D eigenvalue weighted by Crippen LogP contribution is 2.36. The zero-order valence-electron chi connectivity index (χ0n) is 12.0. The number of ether oxygens (including phenoxy) is 1. The molecule has 112 valence electrons. The Bertz CT molecular complexity index is 666. The number of halogens is 2. The Balaban J connectivity index is 2.63. The summed E-state index contributed by atoms with van der Waals surface area (Å²) in [5.41, 5.74) is 2.46. The number of aromatic amines is 1. The average Bonchev–Trinajstić information content (AvgIpc) is 2.83. The highest BCUT2D eigenvalue weighted by Gasteiger charge is 2.24. The van der Waals surface area contributed by atoms with Crippen LogP contribution in [0, 0.1) is 0 Å². The van der Waals surface area contributed by atoms with Gasteiger partial charge in [-0.1, -0.05) is 43.1 Å². The normalized spacial score (nSPS) is 11.0. The molecular formula is C15H16Cl2N2O2. The van der Waals surface area contributed by atoms with Crippen molar-refractivity contribution in [2.45, 2.75) is 26.7 Å². The first kappa shape index (κ1) is 15.9. The summed E-state index contributed by atoms with van der Waals surface area (Å²) in [5, 5.41) is 8.02. The van der Waals surface area contributed by atoms with Gasteiger partial charge < -0.3 is 4.74 Å². The lowest BCUT2D eigenvalue weighted by atomic mass is 9.97. The van der Waals surface area contributed by atoms with Crippen molar-refractivity contribution in [1.29, 1.82) is 0 Å². The van der Waals surface area contributed by atoms with Crippen LogP contribution in [-0.2, 0) is 4.74 Å². The summed E-state index contributed by atoms with van der Waals surface area (Å²) in [5.74, 6) is -0.316. The molecule has 1 heterocycles. The van der Waals surface area contributed by atoms with Crippen LogP contribution in [0.2, 0.25) is 10.0 Å². The summed E-state index contributed by atoms with van der Waals surface area (Å²) >= 11 is 12.2. The molecule has 0 bridgehead atoms. The Morgan fingerprint density at radius 2 is 2.10 bits per heavy atom. The van der Waals surface area contributed by atoms with Gasteiger partial charge in [-0.3, -0.25) is 5.10 Å². The molecule has 0 amide bonds. The predicted molar refractivity (Wildman–Crippen MR) is 84.1 cm³/mol. The number of nitrogens with one attached hydrogen (secondary N) is 1. The number of carbonyl (C=O) groups is 1. The van der Waals surface area contributed by atoms with Crippen molar-refractivity contribution >= 4 is 29.2 Å². The summed E-state index contributed by atoms with van der Waals surface area (Å²) in [6, 6.07) is 5.16. The summed E-state index contributed by atoms with van der Waals surface area (Å²) < 4.78 is 5.06. The predicted octanol–water partition coefficient (Wildman–Crippen LogP) is 4.68. The Hall–Kier alpha value is -1.52. The van der Waals surface area contributed by atoms with E-state index < -0.39 is 5.97 Å². The van der Waals surface area contributed by atoms with Crippen molar-refractivity contribution in [3.8, 4) is 11.1 Å². The third-order valence-electron chi connectivity index (χ3n) is 3.04. The van der Waals surface area contributed by atoms with Gasteiger partial charge in [0.25, 0.3) is 0 Å². The van der Waals surface area contributed by atoms with E-state index in [4.69, 9.17) is 27.9 Å². The number of nitrogens with zero attached hydrogens (tertiary/aromatic N) is 1. The Labute approximate surface area is 133 Å². The number of hydrogen-bond acceptors (Lipinski definition) is 3. The van der Waals surface area contributed by atoms with Gasteiger partial charge in [-0.05, 0) is 25.0 Å². The number of H-pyrrole nitrogens is 1. The zero-order chi connectivity index (χ0) is 15.6. The molecule has 1 aromatic carbocycles. The van der Waals surface area contributed by atoms with E-state index in [1.807, 2.05) is 13.8 Å². The van der Waals surface area contributed by atoms with Gasteiger partial charge in [-0.15, -0.1) is 0 Å². The molecule has 0 fully saturated rings. The monoisotopic (exact) mass is 326 g/mol. The highest BCUT2D eigenvalue weighted by atomic mass is 35.5. The lowest BCUT2D eigenvalue weighted by Gasteiger charge is -2.10. The molecule has 0 aliphatic heterocycles. The van der Waals surface area contributed by atoms with Crippen molar-refractivity contribution < 1.29 is 9.53 Å². The second-order valence-electron chi connectivity index (χ2n) is 4.86.